The van der Waals surface area contributed by atoms with Crippen LogP contribution in [-0.4, -0.2) is 27.4 Å². The smallest absolute Gasteiger partial charge is 0.419 e. The molecule has 1 N–H and O–H groups in total. The maximum atomic E-state index is 13.0. The Morgan fingerprint density at radius 1 is 1.15 bits per heavy atom. The van der Waals surface area contributed by atoms with E-state index in [0.717, 1.165) is 12.5 Å². The zero-order valence-corrected chi connectivity index (χ0v) is 11.7. The summed E-state index contributed by atoms with van der Waals surface area (Å²) in [6, 6.07) is 4.14. The van der Waals surface area contributed by atoms with Gasteiger partial charge < -0.3 is 14.8 Å². The first-order valence-corrected chi connectivity index (χ1v) is 6.45. The zero-order chi connectivity index (χ0) is 15.0. The second-order valence-corrected chi connectivity index (χ2v) is 4.41. The van der Waals surface area contributed by atoms with E-state index in [1.54, 1.807) is 20.2 Å². The Balaban J connectivity index is 2.73. The summed E-state index contributed by atoms with van der Waals surface area (Å²) in [5.74, 6) is -0.116. The van der Waals surface area contributed by atoms with Crippen LogP contribution in [0.2, 0.25) is 0 Å². The maximum absolute atomic E-state index is 13.0. The normalized spacial score (nSPS) is 11.7. The predicted molar refractivity (Wildman–Crippen MR) is 70.8 cm³/mol. The van der Waals surface area contributed by atoms with Crippen LogP contribution in [0.4, 0.5) is 13.2 Å². The number of hydrogen-bond acceptors (Lipinski definition) is 3. The fraction of sp³-hybridized carbons (Fsp3) is 0.571. The van der Waals surface area contributed by atoms with E-state index in [-0.39, 0.29) is 12.4 Å². The second kappa shape index (κ2) is 8.11. The molecule has 114 valence electrons. The topological polar surface area (TPSA) is 30.5 Å². The number of methoxy groups -OCH3 is 1. The molecule has 1 aromatic carbocycles. The minimum atomic E-state index is -4.41. The third kappa shape index (κ3) is 5.38. The zero-order valence-electron chi connectivity index (χ0n) is 11.7. The van der Waals surface area contributed by atoms with Gasteiger partial charge in [0.1, 0.15) is 5.75 Å². The number of halogens is 3. The van der Waals surface area contributed by atoms with Crippen molar-refractivity contribution in [2.75, 3.05) is 27.4 Å². The molecule has 1 rings (SSSR count). The monoisotopic (exact) mass is 291 g/mol. The highest BCUT2D eigenvalue weighted by Crippen LogP contribution is 2.36. The van der Waals surface area contributed by atoms with Crippen molar-refractivity contribution < 1.29 is 22.6 Å². The van der Waals surface area contributed by atoms with E-state index in [0.29, 0.717) is 25.1 Å². The molecule has 0 atom stereocenters. The minimum Gasteiger partial charge on any atom is -0.493 e. The quantitative estimate of drug-likeness (QED) is 0.746. The van der Waals surface area contributed by atoms with Crippen LogP contribution in [0.15, 0.2) is 18.2 Å². The number of benzene rings is 1. The summed E-state index contributed by atoms with van der Waals surface area (Å²) in [6.45, 7) is 1.21. The summed E-state index contributed by atoms with van der Waals surface area (Å²) >= 11 is 0. The van der Waals surface area contributed by atoms with Crippen LogP contribution >= 0.6 is 0 Å². The molecule has 20 heavy (non-hydrogen) atoms. The first-order chi connectivity index (χ1) is 9.49. The third-order valence-electron chi connectivity index (χ3n) is 2.73. The van der Waals surface area contributed by atoms with Crippen molar-refractivity contribution in [3.05, 3.63) is 29.3 Å². The highest BCUT2D eigenvalue weighted by Gasteiger charge is 2.34. The summed E-state index contributed by atoms with van der Waals surface area (Å²) in [4.78, 5) is 0. The van der Waals surface area contributed by atoms with Crippen molar-refractivity contribution in [2.45, 2.75) is 25.6 Å². The maximum Gasteiger partial charge on any atom is 0.419 e. The highest BCUT2D eigenvalue weighted by atomic mass is 19.4. The van der Waals surface area contributed by atoms with E-state index in [1.165, 1.54) is 6.07 Å². The first-order valence-electron chi connectivity index (χ1n) is 6.45. The molecule has 0 aliphatic rings. The molecule has 6 heteroatoms. The summed E-state index contributed by atoms with van der Waals surface area (Å²) in [5.41, 5.74) is -0.149. The van der Waals surface area contributed by atoms with Crippen LogP contribution in [0.25, 0.3) is 0 Å². The number of nitrogens with one attached hydrogen (secondary N) is 1. The number of alkyl halides is 3. The Bertz CT molecular complexity index is 408. The van der Waals surface area contributed by atoms with E-state index >= 15 is 0 Å². The molecule has 0 amide bonds. The van der Waals surface area contributed by atoms with E-state index in [4.69, 9.17) is 9.47 Å². The molecule has 0 saturated heterocycles. The lowest BCUT2D eigenvalue weighted by Crippen LogP contribution is -2.12. The fourth-order valence-electron chi connectivity index (χ4n) is 1.77. The van der Waals surface area contributed by atoms with Crippen LogP contribution < -0.4 is 10.1 Å². The molecule has 0 spiro atoms. The molecular weight excluding hydrogens is 271 g/mol. The molecule has 0 fully saturated rings. The van der Waals surface area contributed by atoms with Gasteiger partial charge in [0.15, 0.2) is 0 Å². The molecule has 0 aliphatic heterocycles. The lowest BCUT2D eigenvalue weighted by atomic mass is 10.1. The SMILES string of the molecule is CNCc1ccc(OCCCCOC)c(C(F)(F)F)c1. The molecule has 0 heterocycles. The van der Waals surface area contributed by atoms with E-state index in [1.807, 2.05) is 0 Å². The van der Waals surface area contributed by atoms with Gasteiger partial charge in [0.05, 0.1) is 12.2 Å². The van der Waals surface area contributed by atoms with Gasteiger partial charge in [-0.25, -0.2) is 0 Å². The van der Waals surface area contributed by atoms with Crippen molar-refractivity contribution in [3.8, 4) is 5.75 Å². The molecule has 0 bridgehead atoms. The van der Waals surface area contributed by atoms with Crippen LogP contribution in [0.1, 0.15) is 24.0 Å². The second-order valence-electron chi connectivity index (χ2n) is 4.41. The summed E-state index contributed by atoms with van der Waals surface area (Å²) < 4.78 is 49.1. The van der Waals surface area contributed by atoms with Crippen molar-refractivity contribution in [1.82, 2.24) is 5.32 Å². The van der Waals surface area contributed by atoms with Crippen LogP contribution in [0.5, 0.6) is 5.75 Å². The predicted octanol–water partition coefficient (Wildman–Crippen LogP) is 3.23. The Hall–Kier alpha value is -1.27. The lowest BCUT2D eigenvalue weighted by molar-refractivity contribution is -0.139. The molecule has 1 aromatic rings. The van der Waals surface area contributed by atoms with Gasteiger partial charge in [0.25, 0.3) is 0 Å². The number of unbranched alkanes of at least 4 members (excludes halogenated alkanes) is 1. The van der Waals surface area contributed by atoms with E-state index in [2.05, 4.69) is 5.32 Å². The van der Waals surface area contributed by atoms with Crippen molar-refractivity contribution in [2.24, 2.45) is 0 Å². The average Bonchev–Trinajstić information content (AvgIpc) is 2.39. The minimum absolute atomic E-state index is 0.116. The number of ether oxygens (including phenoxy) is 2. The van der Waals surface area contributed by atoms with Gasteiger partial charge in [0.2, 0.25) is 0 Å². The number of hydrogen-bond donors (Lipinski definition) is 1. The molecule has 0 radical (unpaired) electrons. The Morgan fingerprint density at radius 3 is 2.45 bits per heavy atom. The Kier molecular flexibility index (Phi) is 6.81. The standard InChI is InChI=1S/C14H20F3NO2/c1-18-10-11-5-6-13(12(9-11)14(15,16)17)20-8-4-3-7-19-2/h5-6,9,18H,3-4,7-8,10H2,1-2H3. The van der Waals surface area contributed by atoms with Crippen molar-refractivity contribution >= 4 is 0 Å². The first kappa shape index (κ1) is 16.8. The number of rotatable bonds is 8. The van der Waals surface area contributed by atoms with Crippen molar-refractivity contribution in [1.29, 1.82) is 0 Å². The lowest BCUT2D eigenvalue weighted by Gasteiger charge is -2.15. The van der Waals surface area contributed by atoms with Gasteiger partial charge in [-0.2, -0.15) is 13.2 Å². The van der Waals surface area contributed by atoms with Gasteiger partial charge in [0, 0.05) is 20.3 Å². The van der Waals surface area contributed by atoms with E-state index < -0.39 is 11.7 Å². The Labute approximate surface area is 117 Å². The molecule has 0 saturated carbocycles. The van der Waals surface area contributed by atoms with Crippen LogP contribution in [0.3, 0.4) is 0 Å². The Morgan fingerprint density at radius 2 is 1.85 bits per heavy atom. The third-order valence-corrected chi connectivity index (χ3v) is 2.73. The summed E-state index contributed by atoms with van der Waals surface area (Å²) in [5, 5.41) is 2.83. The summed E-state index contributed by atoms with van der Waals surface area (Å²) in [6.07, 6.45) is -3.00. The molecular formula is C14H20F3NO2. The van der Waals surface area contributed by atoms with Gasteiger partial charge in [-0.05, 0) is 37.6 Å². The van der Waals surface area contributed by atoms with E-state index in [9.17, 15) is 13.2 Å². The summed E-state index contributed by atoms with van der Waals surface area (Å²) in [7, 11) is 3.27. The van der Waals surface area contributed by atoms with Crippen molar-refractivity contribution in [3.63, 3.8) is 0 Å². The van der Waals surface area contributed by atoms with Gasteiger partial charge in [-0.15, -0.1) is 0 Å². The average molecular weight is 291 g/mol. The van der Waals surface area contributed by atoms with Crippen LogP contribution in [-0.2, 0) is 17.5 Å². The molecule has 3 nitrogen and oxygen atoms in total. The highest BCUT2D eigenvalue weighted by molar-refractivity contribution is 5.39. The van der Waals surface area contributed by atoms with Gasteiger partial charge in [-0.3, -0.25) is 0 Å². The van der Waals surface area contributed by atoms with Crippen LogP contribution in [0, 0.1) is 0 Å². The fourth-order valence-corrected chi connectivity index (χ4v) is 1.77. The van der Waals surface area contributed by atoms with Gasteiger partial charge in [-0.1, -0.05) is 6.07 Å². The largest absolute Gasteiger partial charge is 0.493 e. The molecule has 0 unspecified atom stereocenters. The molecule has 0 aromatic heterocycles. The van der Waals surface area contributed by atoms with Gasteiger partial charge >= 0.3 is 6.18 Å². The molecule has 0 aliphatic carbocycles.